The zero-order chi connectivity index (χ0) is 17.4. The van der Waals surface area contributed by atoms with Crippen molar-refractivity contribution in [3.63, 3.8) is 0 Å². The number of nitrogens with one attached hydrogen (secondary N) is 2. The van der Waals surface area contributed by atoms with Crippen LogP contribution in [-0.4, -0.2) is 42.1 Å². The molecule has 0 rings (SSSR count). The first kappa shape index (κ1) is 19.9. The molecule has 0 saturated carbocycles. The fraction of sp³-hybridized carbons (Fsp3) is 0.667. The third-order valence-electron chi connectivity index (χ3n) is 2.73. The molecule has 0 heterocycles. The van der Waals surface area contributed by atoms with Crippen LogP contribution >= 0.6 is 0 Å². The Hall–Kier alpha value is -2.05. The van der Waals surface area contributed by atoms with Crippen molar-refractivity contribution in [2.45, 2.75) is 46.6 Å². The van der Waals surface area contributed by atoms with Gasteiger partial charge < -0.3 is 15.4 Å². The maximum Gasteiger partial charge on any atom is 0.407 e. The quantitative estimate of drug-likeness (QED) is 0.706. The number of urea groups is 1. The standard InChI is InChI=1S/C15H27N3O4/c1-7-18(11-19)12(20)16-9-8-15(5,6)10-17-13(21)22-14(2,3)4/h7,11H,1,8-10H2,2-6H3,(H,16,20)(H,17,21). The Balaban J connectivity index is 4.15. The second-order valence-electron chi connectivity index (χ2n) is 6.70. The minimum atomic E-state index is -0.537. The van der Waals surface area contributed by atoms with E-state index < -0.39 is 17.7 Å². The van der Waals surface area contributed by atoms with Gasteiger partial charge in [0.1, 0.15) is 5.60 Å². The number of amides is 4. The van der Waals surface area contributed by atoms with Crippen LogP contribution in [-0.2, 0) is 9.53 Å². The third-order valence-corrected chi connectivity index (χ3v) is 2.73. The van der Waals surface area contributed by atoms with E-state index >= 15 is 0 Å². The van der Waals surface area contributed by atoms with E-state index in [1.807, 2.05) is 13.8 Å². The van der Waals surface area contributed by atoms with Crippen molar-refractivity contribution in [3.8, 4) is 0 Å². The SMILES string of the molecule is C=CN(C=O)C(=O)NCCC(C)(C)CNC(=O)OC(C)(C)C. The number of carbonyl (C=O) groups is 3. The summed E-state index contributed by atoms with van der Waals surface area (Å²) in [7, 11) is 0. The molecule has 0 unspecified atom stereocenters. The predicted octanol–water partition coefficient (Wildman–Crippen LogP) is 2.24. The molecule has 22 heavy (non-hydrogen) atoms. The Bertz CT molecular complexity index is 406. The normalized spacial score (nSPS) is 11.3. The van der Waals surface area contributed by atoms with Gasteiger partial charge in [-0.25, -0.2) is 14.5 Å². The van der Waals surface area contributed by atoms with E-state index in [-0.39, 0.29) is 5.41 Å². The van der Waals surface area contributed by atoms with Gasteiger partial charge in [0.15, 0.2) is 0 Å². The van der Waals surface area contributed by atoms with Crippen molar-refractivity contribution in [2.24, 2.45) is 5.41 Å². The number of ether oxygens (including phenoxy) is 1. The fourth-order valence-electron chi connectivity index (χ4n) is 1.49. The summed E-state index contributed by atoms with van der Waals surface area (Å²) in [4.78, 5) is 34.5. The van der Waals surface area contributed by atoms with Gasteiger partial charge in [-0.3, -0.25) is 4.79 Å². The van der Waals surface area contributed by atoms with Crippen LogP contribution in [0.5, 0.6) is 0 Å². The lowest BCUT2D eigenvalue weighted by molar-refractivity contribution is -0.113. The lowest BCUT2D eigenvalue weighted by Crippen LogP contribution is -2.41. The highest BCUT2D eigenvalue weighted by molar-refractivity contribution is 5.85. The van der Waals surface area contributed by atoms with Crippen LogP contribution in [0, 0.1) is 5.41 Å². The van der Waals surface area contributed by atoms with Crippen molar-refractivity contribution in [2.75, 3.05) is 13.1 Å². The van der Waals surface area contributed by atoms with E-state index in [0.29, 0.717) is 25.9 Å². The van der Waals surface area contributed by atoms with Crippen molar-refractivity contribution in [1.82, 2.24) is 15.5 Å². The Morgan fingerprint density at radius 1 is 1.18 bits per heavy atom. The van der Waals surface area contributed by atoms with Crippen molar-refractivity contribution in [1.29, 1.82) is 0 Å². The fourth-order valence-corrected chi connectivity index (χ4v) is 1.49. The molecular weight excluding hydrogens is 286 g/mol. The highest BCUT2D eigenvalue weighted by atomic mass is 16.6. The smallest absolute Gasteiger partial charge is 0.407 e. The van der Waals surface area contributed by atoms with E-state index in [4.69, 9.17) is 4.74 Å². The number of imide groups is 1. The van der Waals surface area contributed by atoms with Crippen molar-refractivity contribution in [3.05, 3.63) is 12.8 Å². The van der Waals surface area contributed by atoms with Gasteiger partial charge in [0.25, 0.3) is 0 Å². The predicted molar refractivity (Wildman–Crippen MR) is 84.1 cm³/mol. The Labute approximate surface area is 132 Å². The number of nitrogens with zero attached hydrogens (tertiary/aromatic N) is 1. The first-order chi connectivity index (χ1) is 10.0. The van der Waals surface area contributed by atoms with Crippen LogP contribution in [0.15, 0.2) is 12.8 Å². The topological polar surface area (TPSA) is 87.7 Å². The lowest BCUT2D eigenvalue weighted by Gasteiger charge is -2.27. The van der Waals surface area contributed by atoms with Gasteiger partial charge in [-0.15, -0.1) is 0 Å². The second kappa shape index (κ2) is 8.41. The molecule has 7 heteroatoms. The summed E-state index contributed by atoms with van der Waals surface area (Å²) in [5.41, 5.74) is -0.768. The highest BCUT2D eigenvalue weighted by Gasteiger charge is 2.22. The third kappa shape index (κ3) is 8.99. The van der Waals surface area contributed by atoms with Crippen LogP contribution in [0.2, 0.25) is 0 Å². The number of rotatable bonds is 7. The molecule has 0 fully saturated rings. The maximum atomic E-state index is 11.6. The zero-order valence-corrected chi connectivity index (χ0v) is 14.1. The van der Waals surface area contributed by atoms with Crippen LogP contribution in [0.25, 0.3) is 0 Å². The van der Waals surface area contributed by atoms with Gasteiger partial charge in [0.2, 0.25) is 6.41 Å². The summed E-state index contributed by atoms with van der Waals surface area (Å²) in [6.07, 6.45) is 1.68. The maximum absolute atomic E-state index is 11.6. The average Bonchev–Trinajstić information content (AvgIpc) is 2.36. The number of alkyl carbamates (subject to hydrolysis) is 1. The molecule has 0 aliphatic carbocycles. The summed E-state index contributed by atoms with van der Waals surface area (Å²) in [6, 6.07) is -0.527. The van der Waals surface area contributed by atoms with Gasteiger partial charge >= 0.3 is 12.1 Å². The van der Waals surface area contributed by atoms with Crippen LogP contribution in [0.4, 0.5) is 9.59 Å². The van der Waals surface area contributed by atoms with E-state index in [9.17, 15) is 14.4 Å². The first-order valence-electron chi connectivity index (χ1n) is 7.11. The Kier molecular flexibility index (Phi) is 7.62. The molecule has 2 N–H and O–H groups in total. The molecule has 0 saturated heterocycles. The first-order valence-corrected chi connectivity index (χ1v) is 7.11. The van der Waals surface area contributed by atoms with Crippen LogP contribution in [0.1, 0.15) is 41.0 Å². The van der Waals surface area contributed by atoms with Gasteiger partial charge in [-0.1, -0.05) is 20.4 Å². The largest absolute Gasteiger partial charge is 0.444 e. The molecular formula is C15H27N3O4. The van der Waals surface area contributed by atoms with Gasteiger partial charge in [0, 0.05) is 19.3 Å². The number of hydrogen-bond donors (Lipinski definition) is 2. The second-order valence-corrected chi connectivity index (χ2v) is 6.70. The molecule has 0 spiro atoms. The molecule has 0 aliphatic heterocycles. The highest BCUT2D eigenvalue weighted by Crippen LogP contribution is 2.18. The molecule has 0 bridgehead atoms. The summed E-state index contributed by atoms with van der Waals surface area (Å²) >= 11 is 0. The lowest BCUT2D eigenvalue weighted by atomic mass is 9.89. The van der Waals surface area contributed by atoms with E-state index in [2.05, 4.69) is 17.2 Å². The molecule has 0 radical (unpaired) electrons. The minimum Gasteiger partial charge on any atom is -0.444 e. The summed E-state index contributed by atoms with van der Waals surface area (Å²) in [5.74, 6) is 0. The van der Waals surface area contributed by atoms with Crippen molar-refractivity contribution >= 4 is 18.5 Å². The average molecular weight is 313 g/mol. The van der Waals surface area contributed by atoms with E-state index in [1.54, 1.807) is 20.8 Å². The summed E-state index contributed by atoms with van der Waals surface area (Å²) < 4.78 is 5.16. The van der Waals surface area contributed by atoms with Crippen LogP contribution < -0.4 is 10.6 Å². The molecule has 126 valence electrons. The molecule has 0 aliphatic rings. The Morgan fingerprint density at radius 2 is 1.77 bits per heavy atom. The van der Waals surface area contributed by atoms with Gasteiger partial charge in [-0.05, 0) is 32.6 Å². The molecule has 0 aromatic rings. The summed E-state index contributed by atoms with van der Waals surface area (Å²) in [6.45, 7) is 13.5. The monoisotopic (exact) mass is 313 g/mol. The molecule has 7 nitrogen and oxygen atoms in total. The van der Waals surface area contributed by atoms with Crippen molar-refractivity contribution < 1.29 is 19.1 Å². The zero-order valence-electron chi connectivity index (χ0n) is 14.1. The van der Waals surface area contributed by atoms with E-state index in [1.165, 1.54) is 0 Å². The number of hydrogen-bond acceptors (Lipinski definition) is 4. The molecule has 4 amide bonds. The molecule has 0 aromatic heterocycles. The van der Waals surface area contributed by atoms with Gasteiger partial charge in [0.05, 0.1) is 0 Å². The Morgan fingerprint density at radius 3 is 2.23 bits per heavy atom. The van der Waals surface area contributed by atoms with E-state index in [0.717, 1.165) is 11.1 Å². The summed E-state index contributed by atoms with van der Waals surface area (Å²) in [5, 5.41) is 5.31. The van der Waals surface area contributed by atoms with Gasteiger partial charge in [-0.2, -0.15) is 0 Å². The minimum absolute atomic E-state index is 0.232. The molecule has 0 aromatic carbocycles. The number of carbonyl (C=O) groups excluding carboxylic acids is 3. The van der Waals surface area contributed by atoms with Crippen LogP contribution in [0.3, 0.4) is 0 Å². The molecule has 0 atom stereocenters.